The van der Waals surface area contributed by atoms with Crippen LogP contribution in [0.1, 0.15) is 59.0 Å². The highest BCUT2D eigenvalue weighted by atomic mass is 32.2. The van der Waals surface area contributed by atoms with E-state index in [0.29, 0.717) is 16.6 Å². The van der Waals surface area contributed by atoms with E-state index in [1.54, 1.807) is 28.8 Å². The lowest BCUT2D eigenvalue weighted by Gasteiger charge is -2.22. The first-order valence-electron chi connectivity index (χ1n) is 10.2. The molecule has 1 aromatic carbocycles. The lowest BCUT2D eigenvalue weighted by molar-refractivity contribution is 0.0680. The Morgan fingerprint density at radius 2 is 1.77 bits per heavy atom. The molecule has 1 aliphatic rings. The number of rotatable bonds is 5. The molecule has 1 N–H and O–H groups in total. The Hall–Kier alpha value is -3.00. The second-order valence-corrected chi connectivity index (χ2v) is 10.2. The number of carboxylic acid groups (broad SMARTS) is 1. The second-order valence-electron chi connectivity index (χ2n) is 8.19. The van der Waals surface area contributed by atoms with Gasteiger partial charge in [-0.3, -0.25) is 4.79 Å². The summed E-state index contributed by atoms with van der Waals surface area (Å²) in [6, 6.07) is 9.66. The molecule has 1 saturated carbocycles. The van der Waals surface area contributed by atoms with Crippen LogP contribution in [0.3, 0.4) is 0 Å². The fourth-order valence-electron chi connectivity index (χ4n) is 4.40. The predicted octanol–water partition coefficient (Wildman–Crippen LogP) is 3.51. The summed E-state index contributed by atoms with van der Waals surface area (Å²) in [6.07, 6.45) is 4.92. The topological polar surface area (TPSA) is 106 Å². The van der Waals surface area contributed by atoms with Crippen LogP contribution in [-0.2, 0) is 16.3 Å². The van der Waals surface area contributed by atoms with Crippen LogP contribution in [-0.4, -0.2) is 35.3 Å². The number of aryl methyl sites for hydroxylation is 1. The van der Waals surface area contributed by atoms with E-state index in [9.17, 15) is 23.1 Å². The van der Waals surface area contributed by atoms with Crippen molar-refractivity contribution in [1.82, 2.24) is 9.55 Å². The van der Waals surface area contributed by atoms with Crippen molar-refractivity contribution in [2.45, 2.75) is 50.0 Å². The summed E-state index contributed by atoms with van der Waals surface area (Å²) in [4.78, 5) is 30.5. The molecule has 8 heteroatoms. The van der Waals surface area contributed by atoms with Crippen molar-refractivity contribution in [2.75, 3.05) is 6.26 Å². The molecule has 1 aliphatic carbocycles. The molecule has 0 spiro atoms. The van der Waals surface area contributed by atoms with E-state index in [2.05, 4.69) is 4.98 Å². The zero-order chi connectivity index (χ0) is 22.3. The van der Waals surface area contributed by atoms with E-state index < -0.39 is 15.8 Å². The fraction of sp³-hybridized carbons (Fsp3) is 0.348. The van der Waals surface area contributed by atoms with Gasteiger partial charge < -0.3 is 9.67 Å². The monoisotopic (exact) mass is 440 g/mol. The maximum absolute atomic E-state index is 13.4. The highest BCUT2D eigenvalue weighted by Gasteiger charge is 2.28. The third kappa shape index (κ3) is 3.99. The summed E-state index contributed by atoms with van der Waals surface area (Å²) in [7, 11) is -3.34. The number of pyridine rings is 2. The minimum atomic E-state index is -3.34. The minimum absolute atomic E-state index is 0.0186. The summed E-state index contributed by atoms with van der Waals surface area (Å²) < 4.78 is 25.2. The van der Waals surface area contributed by atoms with Gasteiger partial charge >= 0.3 is 5.97 Å². The van der Waals surface area contributed by atoms with E-state index in [-0.39, 0.29) is 34.0 Å². The molecule has 4 rings (SSSR count). The van der Waals surface area contributed by atoms with Gasteiger partial charge in [-0.15, -0.1) is 0 Å². The van der Waals surface area contributed by atoms with Crippen LogP contribution in [0.15, 0.2) is 46.1 Å². The smallest absolute Gasteiger partial charge is 0.353 e. The molecule has 0 atom stereocenters. The van der Waals surface area contributed by atoms with Gasteiger partial charge in [0.2, 0.25) is 0 Å². The summed E-state index contributed by atoms with van der Waals surface area (Å²) in [5.74, 6) is -1.16. The largest absolute Gasteiger partial charge is 0.477 e. The van der Waals surface area contributed by atoms with Gasteiger partial charge in [0.05, 0.1) is 10.3 Å². The third-order valence-electron chi connectivity index (χ3n) is 5.91. The van der Waals surface area contributed by atoms with Crippen molar-refractivity contribution < 1.29 is 18.3 Å². The quantitative estimate of drug-likeness (QED) is 0.651. The highest BCUT2D eigenvalue weighted by molar-refractivity contribution is 7.90. The zero-order valence-corrected chi connectivity index (χ0v) is 18.3. The average Bonchev–Trinajstić information content (AvgIpc) is 3.23. The number of hydrogen-bond acceptors (Lipinski definition) is 5. The lowest BCUT2D eigenvalue weighted by atomic mass is 9.99. The lowest BCUT2D eigenvalue weighted by Crippen LogP contribution is -2.27. The van der Waals surface area contributed by atoms with Crippen LogP contribution in [0.2, 0.25) is 0 Å². The second kappa shape index (κ2) is 7.92. The van der Waals surface area contributed by atoms with Crippen molar-refractivity contribution in [2.24, 2.45) is 0 Å². The van der Waals surface area contributed by atoms with Gasteiger partial charge in [0.1, 0.15) is 11.3 Å². The Morgan fingerprint density at radius 3 is 2.35 bits per heavy atom. The average molecular weight is 441 g/mol. The molecular weight excluding hydrogens is 416 g/mol. The molecule has 31 heavy (non-hydrogen) atoms. The first-order valence-corrected chi connectivity index (χ1v) is 12.1. The molecule has 3 aromatic rings. The molecule has 1 fully saturated rings. The van der Waals surface area contributed by atoms with Crippen LogP contribution in [0, 0.1) is 6.92 Å². The molecule has 0 bridgehead atoms. The van der Waals surface area contributed by atoms with Crippen molar-refractivity contribution in [1.29, 1.82) is 0 Å². The first kappa shape index (κ1) is 21.2. The van der Waals surface area contributed by atoms with Crippen LogP contribution >= 0.6 is 0 Å². The van der Waals surface area contributed by atoms with Gasteiger partial charge in [-0.1, -0.05) is 25.0 Å². The van der Waals surface area contributed by atoms with Gasteiger partial charge in [0.25, 0.3) is 0 Å². The number of carbonyl (C=O) groups is 1. The Bertz CT molecular complexity index is 1340. The Morgan fingerprint density at radius 1 is 1.13 bits per heavy atom. The van der Waals surface area contributed by atoms with E-state index in [0.717, 1.165) is 37.6 Å². The maximum atomic E-state index is 13.4. The van der Waals surface area contributed by atoms with Crippen molar-refractivity contribution in [3.8, 4) is 0 Å². The molecular formula is C23H24N2O5S. The summed E-state index contributed by atoms with van der Waals surface area (Å²) in [5.41, 5.74) is 1.65. The molecule has 0 unspecified atom stereocenters. The third-order valence-corrected chi connectivity index (χ3v) is 7.04. The molecule has 2 heterocycles. The minimum Gasteiger partial charge on any atom is -0.477 e. The van der Waals surface area contributed by atoms with E-state index in [1.807, 2.05) is 6.92 Å². The number of fused-ring (bicyclic) bond motifs is 1. The molecule has 0 aliphatic heterocycles. The molecule has 0 radical (unpaired) electrons. The zero-order valence-electron chi connectivity index (χ0n) is 17.5. The summed E-state index contributed by atoms with van der Waals surface area (Å²) >= 11 is 0. The number of aromatic carboxylic acids is 1. The number of aromatic nitrogens is 2. The Kier molecular flexibility index (Phi) is 5.43. The number of nitrogens with zero attached hydrogens (tertiary/aromatic N) is 2. The molecule has 162 valence electrons. The van der Waals surface area contributed by atoms with Crippen molar-refractivity contribution in [3.63, 3.8) is 0 Å². The molecule has 0 amide bonds. The fourth-order valence-corrected chi connectivity index (χ4v) is 5.03. The van der Waals surface area contributed by atoms with Crippen LogP contribution in [0.4, 0.5) is 0 Å². The van der Waals surface area contributed by atoms with Crippen LogP contribution < -0.4 is 5.43 Å². The predicted molar refractivity (Wildman–Crippen MR) is 118 cm³/mol. The Labute approximate surface area is 180 Å². The van der Waals surface area contributed by atoms with Gasteiger partial charge in [-0.25, -0.2) is 18.2 Å². The number of hydrogen-bond donors (Lipinski definition) is 1. The standard InChI is InChI=1S/C23H24N2O5S/c1-14-7-12-18-21(26)19(13-15-8-10-17(11-9-15)31(2,29)30)20(23(27)28)25(22(18)24-14)16-5-3-4-6-16/h7-12,16H,3-6,13H2,1-2H3,(H,27,28). The van der Waals surface area contributed by atoms with Crippen LogP contribution in [0.5, 0.6) is 0 Å². The molecule has 2 aromatic heterocycles. The molecule has 0 saturated heterocycles. The highest BCUT2D eigenvalue weighted by Crippen LogP contribution is 2.33. The van der Waals surface area contributed by atoms with Gasteiger partial charge in [-0.05, 0) is 49.6 Å². The maximum Gasteiger partial charge on any atom is 0.353 e. The van der Waals surface area contributed by atoms with Gasteiger partial charge in [0, 0.05) is 30.0 Å². The Balaban J connectivity index is 1.95. The number of benzene rings is 1. The summed E-state index contributed by atoms with van der Waals surface area (Å²) in [5, 5.41) is 10.5. The first-order chi connectivity index (χ1) is 14.7. The van der Waals surface area contributed by atoms with Crippen LogP contribution in [0.25, 0.3) is 11.0 Å². The summed E-state index contributed by atoms with van der Waals surface area (Å²) in [6.45, 7) is 1.82. The number of carboxylic acids is 1. The van der Waals surface area contributed by atoms with Crippen molar-refractivity contribution in [3.05, 3.63) is 69.1 Å². The normalized spacial score (nSPS) is 14.9. The van der Waals surface area contributed by atoms with Crippen molar-refractivity contribution >= 4 is 26.8 Å². The van der Waals surface area contributed by atoms with E-state index >= 15 is 0 Å². The van der Waals surface area contributed by atoms with E-state index in [4.69, 9.17) is 0 Å². The number of sulfone groups is 1. The van der Waals surface area contributed by atoms with Gasteiger partial charge in [0.15, 0.2) is 15.3 Å². The van der Waals surface area contributed by atoms with Gasteiger partial charge in [-0.2, -0.15) is 0 Å². The SMILES string of the molecule is Cc1ccc2c(=O)c(Cc3ccc(S(C)(=O)=O)cc3)c(C(=O)O)n(C3CCCC3)c2n1. The van der Waals surface area contributed by atoms with E-state index in [1.165, 1.54) is 12.1 Å². The molecule has 7 nitrogen and oxygen atoms in total.